The van der Waals surface area contributed by atoms with E-state index < -0.39 is 0 Å². The molecule has 0 amide bonds. The Labute approximate surface area is 202 Å². The first-order chi connectivity index (χ1) is 14.8. The lowest BCUT2D eigenvalue weighted by molar-refractivity contribution is -0.0721. The van der Waals surface area contributed by atoms with Crippen molar-refractivity contribution in [1.82, 2.24) is 20.0 Å². The Morgan fingerprint density at radius 2 is 2.00 bits per heavy atom. The van der Waals surface area contributed by atoms with Crippen LogP contribution < -0.4 is 5.32 Å². The molecule has 1 aromatic heterocycles. The van der Waals surface area contributed by atoms with Gasteiger partial charge in [0.1, 0.15) is 0 Å². The Kier molecular flexibility index (Phi) is 9.60. The molecule has 2 aliphatic rings. The van der Waals surface area contributed by atoms with Gasteiger partial charge in [-0.1, -0.05) is 18.2 Å². The molecule has 4 rings (SSSR count). The fraction of sp³-hybridized carbons (Fsp3) is 0.565. The number of aliphatic imine (C=N–C) groups is 1. The summed E-state index contributed by atoms with van der Waals surface area (Å²) in [6.45, 7) is 4.25. The highest BCUT2D eigenvalue weighted by Crippen LogP contribution is 2.18. The molecule has 2 aliphatic heterocycles. The van der Waals surface area contributed by atoms with Crippen molar-refractivity contribution in [3.05, 3.63) is 48.3 Å². The zero-order valence-electron chi connectivity index (χ0n) is 18.3. The molecule has 31 heavy (non-hydrogen) atoms. The van der Waals surface area contributed by atoms with Gasteiger partial charge >= 0.3 is 0 Å². The van der Waals surface area contributed by atoms with Gasteiger partial charge in [0.2, 0.25) is 0 Å². The number of ether oxygens (including phenoxy) is 2. The number of nitrogens with one attached hydrogen (secondary N) is 1. The second-order valence-corrected chi connectivity index (χ2v) is 8.04. The van der Waals surface area contributed by atoms with Crippen LogP contribution in [0.4, 0.5) is 0 Å². The van der Waals surface area contributed by atoms with Crippen molar-refractivity contribution >= 4 is 29.9 Å². The van der Waals surface area contributed by atoms with E-state index in [2.05, 4.69) is 38.6 Å². The number of hydrogen-bond acceptors (Lipinski definition) is 4. The van der Waals surface area contributed by atoms with Gasteiger partial charge in [-0.05, 0) is 44.2 Å². The van der Waals surface area contributed by atoms with Crippen LogP contribution in [0.15, 0.2) is 47.7 Å². The molecule has 1 aromatic carbocycles. The number of benzene rings is 1. The fourth-order valence-electron chi connectivity index (χ4n) is 4.10. The van der Waals surface area contributed by atoms with Gasteiger partial charge in [-0.25, -0.2) is 4.68 Å². The molecule has 1 atom stereocenters. The van der Waals surface area contributed by atoms with Crippen molar-refractivity contribution in [3.8, 4) is 5.69 Å². The van der Waals surface area contributed by atoms with E-state index in [0.29, 0.717) is 18.8 Å². The zero-order chi connectivity index (χ0) is 20.6. The molecule has 170 valence electrons. The topological polar surface area (TPSA) is 63.9 Å². The van der Waals surface area contributed by atoms with Gasteiger partial charge in [0.25, 0.3) is 0 Å². The molecule has 0 bridgehead atoms. The third-order valence-corrected chi connectivity index (χ3v) is 5.85. The largest absolute Gasteiger partial charge is 0.376 e. The van der Waals surface area contributed by atoms with E-state index in [1.54, 1.807) is 0 Å². The van der Waals surface area contributed by atoms with Crippen molar-refractivity contribution in [2.75, 3.05) is 33.4 Å². The standard InChI is InChI=1S/C23H33N5O2.HI/c1-24-23(25-15-19-16-26-28(17-19)20-7-3-2-4-8-20)27-12-10-21(11-13-27)30-18-22-9-5-6-14-29-22;/h2-4,7-8,16-17,21-22H,5-6,9-15,18H2,1H3,(H,24,25);1H. The minimum atomic E-state index is 0. The summed E-state index contributed by atoms with van der Waals surface area (Å²) in [5.41, 5.74) is 2.19. The third kappa shape index (κ3) is 6.92. The monoisotopic (exact) mass is 539 g/mol. The van der Waals surface area contributed by atoms with E-state index in [4.69, 9.17) is 9.47 Å². The number of aromatic nitrogens is 2. The van der Waals surface area contributed by atoms with Gasteiger partial charge in [-0.3, -0.25) is 4.99 Å². The van der Waals surface area contributed by atoms with Crippen molar-refractivity contribution in [2.45, 2.75) is 50.9 Å². The molecule has 2 fully saturated rings. The molecule has 0 aliphatic carbocycles. The first-order valence-electron chi connectivity index (χ1n) is 11.1. The predicted octanol–water partition coefficient (Wildman–Crippen LogP) is 3.62. The van der Waals surface area contributed by atoms with E-state index in [-0.39, 0.29) is 24.0 Å². The molecule has 0 spiro atoms. The van der Waals surface area contributed by atoms with Crippen LogP contribution in [0, 0.1) is 0 Å². The summed E-state index contributed by atoms with van der Waals surface area (Å²) in [7, 11) is 1.85. The number of likely N-dealkylation sites (tertiary alicyclic amines) is 1. The summed E-state index contributed by atoms with van der Waals surface area (Å²) < 4.78 is 13.8. The lowest BCUT2D eigenvalue weighted by Crippen LogP contribution is -2.47. The number of piperidine rings is 1. The fourth-order valence-corrected chi connectivity index (χ4v) is 4.10. The summed E-state index contributed by atoms with van der Waals surface area (Å²) in [4.78, 5) is 6.80. The van der Waals surface area contributed by atoms with Gasteiger partial charge in [-0.2, -0.15) is 5.10 Å². The summed E-state index contributed by atoms with van der Waals surface area (Å²) in [5.74, 6) is 0.941. The van der Waals surface area contributed by atoms with E-state index in [1.165, 1.54) is 12.8 Å². The van der Waals surface area contributed by atoms with E-state index >= 15 is 0 Å². The van der Waals surface area contributed by atoms with Crippen molar-refractivity contribution < 1.29 is 9.47 Å². The minimum Gasteiger partial charge on any atom is -0.376 e. The third-order valence-electron chi connectivity index (χ3n) is 5.85. The lowest BCUT2D eigenvalue weighted by atomic mass is 10.1. The van der Waals surface area contributed by atoms with Crippen molar-refractivity contribution in [2.24, 2.45) is 4.99 Å². The van der Waals surface area contributed by atoms with Crippen LogP contribution in [0.2, 0.25) is 0 Å². The van der Waals surface area contributed by atoms with Gasteiger partial charge in [0, 0.05) is 45.0 Å². The number of rotatable bonds is 6. The molecule has 3 heterocycles. The molecule has 2 aromatic rings. The van der Waals surface area contributed by atoms with Gasteiger partial charge in [0.15, 0.2) is 5.96 Å². The summed E-state index contributed by atoms with van der Waals surface area (Å²) in [6, 6.07) is 10.2. The quantitative estimate of drug-likeness (QED) is 0.345. The Hall–Kier alpha value is -1.65. The number of guanidine groups is 1. The number of nitrogens with zero attached hydrogens (tertiary/aromatic N) is 4. The Morgan fingerprint density at radius 3 is 2.71 bits per heavy atom. The first kappa shape index (κ1) is 24.0. The van der Waals surface area contributed by atoms with E-state index in [9.17, 15) is 0 Å². The molecule has 0 saturated carbocycles. The van der Waals surface area contributed by atoms with Crippen LogP contribution in [0.5, 0.6) is 0 Å². The molecule has 1 unspecified atom stereocenters. The van der Waals surface area contributed by atoms with Crippen LogP contribution in [-0.4, -0.2) is 66.2 Å². The Morgan fingerprint density at radius 1 is 1.19 bits per heavy atom. The van der Waals surface area contributed by atoms with Gasteiger partial charge < -0.3 is 19.7 Å². The molecular weight excluding hydrogens is 505 g/mol. The summed E-state index contributed by atoms with van der Waals surface area (Å²) in [6.07, 6.45) is 10.2. The SMILES string of the molecule is CN=C(NCc1cnn(-c2ccccc2)c1)N1CCC(OCC2CCCCO2)CC1.I. The Bertz CT molecular complexity index is 799. The normalized spacial score (nSPS) is 20.4. The van der Waals surface area contributed by atoms with E-state index in [1.807, 2.05) is 36.1 Å². The molecule has 0 radical (unpaired) electrons. The van der Waals surface area contributed by atoms with Crippen molar-refractivity contribution in [1.29, 1.82) is 0 Å². The average Bonchev–Trinajstić information content (AvgIpc) is 3.29. The lowest BCUT2D eigenvalue weighted by Gasteiger charge is -2.35. The maximum Gasteiger partial charge on any atom is 0.193 e. The van der Waals surface area contributed by atoms with Crippen LogP contribution in [0.3, 0.4) is 0 Å². The van der Waals surface area contributed by atoms with Crippen LogP contribution in [-0.2, 0) is 16.0 Å². The number of hydrogen-bond donors (Lipinski definition) is 1. The maximum absolute atomic E-state index is 6.14. The van der Waals surface area contributed by atoms with E-state index in [0.717, 1.165) is 62.8 Å². The van der Waals surface area contributed by atoms with Crippen LogP contribution in [0.1, 0.15) is 37.7 Å². The van der Waals surface area contributed by atoms with Crippen LogP contribution in [0.25, 0.3) is 5.69 Å². The van der Waals surface area contributed by atoms with Crippen molar-refractivity contribution in [3.63, 3.8) is 0 Å². The molecule has 1 N–H and O–H groups in total. The predicted molar refractivity (Wildman–Crippen MR) is 133 cm³/mol. The number of halogens is 1. The van der Waals surface area contributed by atoms with Crippen LogP contribution >= 0.6 is 24.0 Å². The molecular formula is C23H34IN5O2. The molecule has 2 saturated heterocycles. The zero-order valence-corrected chi connectivity index (χ0v) is 20.6. The minimum absolute atomic E-state index is 0. The summed E-state index contributed by atoms with van der Waals surface area (Å²) in [5, 5.41) is 7.95. The highest BCUT2D eigenvalue weighted by Gasteiger charge is 2.23. The smallest absolute Gasteiger partial charge is 0.193 e. The highest BCUT2D eigenvalue weighted by atomic mass is 127. The molecule has 7 nitrogen and oxygen atoms in total. The first-order valence-corrected chi connectivity index (χ1v) is 11.1. The summed E-state index contributed by atoms with van der Waals surface area (Å²) >= 11 is 0. The second kappa shape index (κ2) is 12.4. The maximum atomic E-state index is 6.14. The second-order valence-electron chi connectivity index (χ2n) is 8.04. The number of para-hydroxylation sites is 1. The Balaban J connectivity index is 0.00000272. The molecule has 8 heteroatoms. The van der Waals surface area contributed by atoms with Gasteiger partial charge in [0.05, 0.1) is 30.7 Å². The average molecular weight is 539 g/mol. The van der Waals surface area contributed by atoms with Gasteiger partial charge in [-0.15, -0.1) is 24.0 Å². The highest BCUT2D eigenvalue weighted by molar-refractivity contribution is 14.0.